The Morgan fingerprint density at radius 3 is 2.48 bits per heavy atom. The molecule has 25 heavy (non-hydrogen) atoms. The molecule has 1 aromatic carbocycles. The molecular formula is C17H20Cl2N2O4. The van der Waals surface area contributed by atoms with Crippen LogP contribution in [0.1, 0.15) is 30.6 Å². The Hall–Kier alpha value is -1.79. The highest BCUT2D eigenvalue weighted by Crippen LogP contribution is 2.38. The van der Waals surface area contributed by atoms with Crippen molar-refractivity contribution >= 4 is 41.0 Å². The lowest BCUT2D eigenvalue weighted by molar-refractivity contribution is -0.151. The van der Waals surface area contributed by atoms with E-state index in [9.17, 15) is 19.5 Å². The summed E-state index contributed by atoms with van der Waals surface area (Å²) in [4.78, 5) is 37.5. The Morgan fingerprint density at radius 2 is 1.96 bits per heavy atom. The third kappa shape index (κ3) is 4.07. The minimum absolute atomic E-state index is 0.0893. The Bertz CT molecular complexity index is 708. The average molecular weight is 387 g/mol. The first-order chi connectivity index (χ1) is 11.7. The van der Waals surface area contributed by atoms with E-state index in [0.29, 0.717) is 23.6 Å². The monoisotopic (exact) mass is 386 g/mol. The van der Waals surface area contributed by atoms with Crippen molar-refractivity contribution in [3.05, 3.63) is 33.8 Å². The van der Waals surface area contributed by atoms with E-state index < -0.39 is 17.3 Å². The summed E-state index contributed by atoms with van der Waals surface area (Å²) in [6, 6.07) is 4.44. The van der Waals surface area contributed by atoms with E-state index in [0.717, 1.165) is 0 Å². The predicted octanol–water partition coefficient (Wildman–Crippen LogP) is 2.68. The lowest BCUT2D eigenvalue weighted by Gasteiger charge is -2.28. The van der Waals surface area contributed by atoms with Gasteiger partial charge >= 0.3 is 5.97 Å². The highest BCUT2D eigenvalue weighted by Gasteiger charge is 2.48. The van der Waals surface area contributed by atoms with Crippen LogP contribution in [-0.2, 0) is 9.59 Å². The number of hydrogen-bond acceptors (Lipinski definition) is 3. The molecule has 0 aromatic heterocycles. The molecule has 1 saturated heterocycles. The van der Waals surface area contributed by atoms with Crippen molar-refractivity contribution in [1.29, 1.82) is 0 Å². The number of halogens is 2. The number of carbonyl (C=O) groups excluding carboxylic acids is 2. The van der Waals surface area contributed by atoms with Gasteiger partial charge in [0.25, 0.3) is 5.91 Å². The quantitative estimate of drug-likeness (QED) is 0.814. The number of benzene rings is 1. The summed E-state index contributed by atoms with van der Waals surface area (Å²) in [5, 5.41) is 12.6. The summed E-state index contributed by atoms with van der Waals surface area (Å²) >= 11 is 11.7. The van der Waals surface area contributed by atoms with Crippen LogP contribution in [0.4, 0.5) is 0 Å². The molecule has 1 unspecified atom stereocenters. The maximum Gasteiger partial charge on any atom is 0.311 e. The fourth-order valence-corrected chi connectivity index (χ4v) is 3.24. The van der Waals surface area contributed by atoms with Crippen LogP contribution in [0.2, 0.25) is 10.0 Å². The molecule has 1 aromatic rings. The second-order valence-electron chi connectivity index (χ2n) is 6.49. The van der Waals surface area contributed by atoms with Gasteiger partial charge < -0.3 is 15.3 Å². The number of carboxylic acids is 1. The first-order valence-electron chi connectivity index (χ1n) is 7.92. The molecule has 2 N–H and O–H groups in total. The Morgan fingerprint density at radius 1 is 1.28 bits per heavy atom. The van der Waals surface area contributed by atoms with Gasteiger partial charge in [-0.3, -0.25) is 14.4 Å². The molecule has 0 radical (unpaired) electrons. The highest BCUT2D eigenvalue weighted by atomic mass is 35.5. The van der Waals surface area contributed by atoms with E-state index in [2.05, 4.69) is 5.32 Å². The number of likely N-dealkylation sites (tertiary alicyclic amines) is 1. The largest absolute Gasteiger partial charge is 0.481 e. The number of nitrogens with zero attached hydrogens (tertiary/aromatic N) is 1. The summed E-state index contributed by atoms with van der Waals surface area (Å²) in [6.45, 7) is 4.00. The lowest BCUT2D eigenvalue weighted by Crippen LogP contribution is -2.43. The number of carbonyl (C=O) groups is 3. The summed E-state index contributed by atoms with van der Waals surface area (Å²) in [5.74, 6) is -1.73. The summed E-state index contributed by atoms with van der Waals surface area (Å²) < 4.78 is 0. The molecule has 1 heterocycles. The molecular weight excluding hydrogens is 367 g/mol. The van der Waals surface area contributed by atoms with Gasteiger partial charge in [-0.25, -0.2) is 0 Å². The highest BCUT2D eigenvalue weighted by molar-refractivity contribution is 6.42. The minimum Gasteiger partial charge on any atom is -0.481 e. The van der Waals surface area contributed by atoms with E-state index in [4.69, 9.17) is 23.2 Å². The topological polar surface area (TPSA) is 86.7 Å². The molecule has 0 aliphatic carbocycles. The van der Waals surface area contributed by atoms with Crippen molar-refractivity contribution in [2.75, 3.05) is 19.6 Å². The zero-order valence-electron chi connectivity index (χ0n) is 14.0. The van der Waals surface area contributed by atoms with Crippen molar-refractivity contribution in [3.63, 3.8) is 0 Å². The molecule has 8 heteroatoms. The van der Waals surface area contributed by atoms with Gasteiger partial charge in [0, 0.05) is 18.7 Å². The molecule has 136 valence electrons. The van der Waals surface area contributed by atoms with Crippen LogP contribution in [0.3, 0.4) is 0 Å². The van der Waals surface area contributed by atoms with Gasteiger partial charge in [0.15, 0.2) is 0 Å². The van der Waals surface area contributed by atoms with E-state index in [1.165, 1.54) is 23.1 Å². The molecule has 0 bridgehead atoms. The van der Waals surface area contributed by atoms with E-state index in [-0.39, 0.29) is 29.9 Å². The molecule has 1 fully saturated rings. The van der Waals surface area contributed by atoms with Gasteiger partial charge in [0.2, 0.25) is 5.91 Å². The van der Waals surface area contributed by atoms with Crippen molar-refractivity contribution in [2.45, 2.75) is 20.3 Å². The first kappa shape index (κ1) is 19.5. The molecule has 2 rings (SSSR count). The number of nitrogens with one attached hydrogen (secondary N) is 1. The SMILES string of the molecule is CC(C)C1(C(=O)O)CCN(C(=O)CNC(=O)c2ccc(Cl)c(Cl)c2)C1. The van der Waals surface area contributed by atoms with Crippen LogP contribution in [0, 0.1) is 11.3 Å². The number of carboxylic acid groups (broad SMARTS) is 1. The fourth-order valence-electron chi connectivity index (χ4n) is 2.95. The zero-order valence-corrected chi connectivity index (χ0v) is 15.5. The second kappa shape index (κ2) is 7.62. The van der Waals surface area contributed by atoms with Gasteiger partial charge in [0.05, 0.1) is 22.0 Å². The van der Waals surface area contributed by atoms with Crippen molar-refractivity contribution < 1.29 is 19.5 Å². The Kier molecular flexibility index (Phi) is 5.95. The standard InChI is InChI=1S/C17H20Cl2N2O4/c1-10(2)17(16(24)25)5-6-21(9-17)14(22)8-20-15(23)11-3-4-12(18)13(19)7-11/h3-4,7,10H,5-6,8-9H2,1-2H3,(H,20,23)(H,24,25). The van der Waals surface area contributed by atoms with Crippen LogP contribution < -0.4 is 5.32 Å². The Balaban J connectivity index is 1.95. The minimum atomic E-state index is -0.927. The summed E-state index contributed by atoms with van der Waals surface area (Å²) in [6.07, 6.45) is 0.409. The van der Waals surface area contributed by atoms with Crippen LogP contribution in [-0.4, -0.2) is 47.4 Å². The van der Waals surface area contributed by atoms with Crippen LogP contribution in [0.5, 0.6) is 0 Å². The van der Waals surface area contributed by atoms with Gasteiger partial charge in [0.1, 0.15) is 0 Å². The maximum absolute atomic E-state index is 12.3. The zero-order chi connectivity index (χ0) is 18.8. The molecule has 0 saturated carbocycles. The molecule has 6 nitrogen and oxygen atoms in total. The maximum atomic E-state index is 12.3. The van der Waals surface area contributed by atoms with Crippen LogP contribution in [0.15, 0.2) is 18.2 Å². The first-order valence-corrected chi connectivity index (χ1v) is 8.67. The van der Waals surface area contributed by atoms with Gasteiger partial charge in [-0.05, 0) is 30.5 Å². The molecule has 0 spiro atoms. The lowest BCUT2D eigenvalue weighted by atomic mass is 9.76. The van der Waals surface area contributed by atoms with Gasteiger partial charge in [-0.1, -0.05) is 37.0 Å². The van der Waals surface area contributed by atoms with Crippen molar-refractivity contribution in [3.8, 4) is 0 Å². The van der Waals surface area contributed by atoms with Crippen molar-refractivity contribution in [1.82, 2.24) is 10.2 Å². The van der Waals surface area contributed by atoms with Gasteiger partial charge in [-0.15, -0.1) is 0 Å². The molecule has 2 amide bonds. The van der Waals surface area contributed by atoms with E-state index >= 15 is 0 Å². The Labute approximate surface area is 156 Å². The van der Waals surface area contributed by atoms with Crippen molar-refractivity contribution in [2.24, 2.45) is 11.3 Å². The number of rotatable bonds is 5. The normalized spacial score (nSPS) is 20.0. The number of hydrogen-bond donors (Lipinski definition) is 2. The summed E-state index contributed by atoms with van der Waals surface area (Å²) in [7, 11) is 0. The third-order valence-corrected chi connectivity index (χ3v) is 5.51. The van der Waals surface area contributed by atoms with Gasteiger partial charge in [-0.2, -0.15) is 0 Å². The van der Waals surface area contributed by atoms with E-state index in [1.54, 1.807) is 0 Å². The van der Waals surface area contributed by atoms with Crippen LogP contribution >= 0.6 is 23.2 Å². The average Bonchev–Trinajstić information content (AvgIpc) is 3.01. The number of aliphatic carboxylic acids is 1. The van der Waals surface area contributed by atoms with Crippen LogP contribution in [0.25, 0.3) is 0 Å². The summed E-state index contributed by atoms with van der Waals surface area (Å²) in [5.41, 5.74) is -0.630. The molecule has 1 aliphatic rings. The van der Waals surface area contributed by atoms with E-state index in [1.807, 2.05) is 13.8 Å². The molecule has 1 aliphatic heterocycles. The number of amides is 2. The second-order valence-corrected chi connectivity index (χ2v) is 7.31. The predicted molar refractivity (Wildman–Crippen MR) is 94.9 cm³/mol. The smallest absolute Gasteiger partial charge is 0.311 e. The third-order valence-electron chi connectivity index (χ3n) is 4.77. The molecule has 1 atom stereocenters. The fraction of sp³-hybridized carbons (Fsp3) is 0.471.